The Morgan fingerprint density at radius 2 is 2.25 bits per heavy atom. The lowest BCUT2D eigenvalue weighted by atomic mass is 9.76. The summed E-state index contributed by atoms with van der Waals surface area (Å²) in [5.74, 6) is 0.491. The van der Waals surface area contributed by atoms with E-state index in [4.69, 9.17) is 5.73 Å². The Kier molecular flexibility index (Phi) is 4.17. The van der Waals surface area contributed by atoms with Crippen LogP contribution in [0.15, 0.2) is 12.3 Å². The van der Waals surface area contributed by atoms with Crippen LogP contribution in [0.2, 0.25) is 0 Å². The van der Waals surface area contributed by atoms with Gasteiger partial charge in [-0.1, -0.05) is 19.8 Å². The summed E-state index contributed by atoms with van der Waals surface area (Å²) in [5, 5.41) is 3.04. The van der Waals surface area contributed by atoms with Crippen LogP contribution in [0, 0.1) is 5.92 Å². The maximum Gasteiger partial charge on any atom is 0.433 e. The first-order valence-electron chi connectivity index (χ1n) is 6.73. The van der Waals surface area contributed by atoms with Crippen molar-refractivity contribution in [1.29, 1.82) is 0 Å². The first-order valence-corrected chi connectivity index (χ1v) is 6.73. The van der Waals surface area contributed by atoms with E-state index in [9.17, 15) is 13.2 Å². The zero-order valence-corrected chi connectivity index (χ0v) is 11.4. The van der Waals surface area contributed by atoms with Crippen LogP contribution in [0.3, 0.4) is 0 Å². The number of alkyl halides is 3. The van der Waals surface area contributed by atoms with Gasteiger partial charge < -0.3 is 11.1 Å². The van der Waals surface area contributed by atoms with Crippen LogP contribution in [0.5, 0.6) is 0 Å². The number of nitrogens with zero attached hydrogens (tertiary/aromatic N) is 2. The number of halogens is 3. The van der Waals surface area contributed by atoms with Crippen molar-refractivity contribution in [2.45, 2.75) is 44.3 Å². The normalized spacial score (nSPS) is 27.4. The topological polar surface area (TPSA) is 63.8 Å². The summed E-state index contributed by atoms with van der Waals surface area (Å²) >= 11 is 0. The summed E-state index contributed by atoms with van der Waals surface area (Å²) in [6.07, 6.45) is 0.428. The number of nitrogens with two attached hydrogens (primary N) is 1. The van der Waals surface area contributed by atoms with Crippen molar-refractivity contribution in [3.8, 4) is 0 Å². The second-order valence-electron chi connectivity index (χ2n) is 5.57. The van der Waals surface area contributed by atoms with Crippen molar-refractivity contribution < 1.29 is 13.2 Å². The number of aromatic nitrogens is 2. The summed E-state index contributed by atoms with van der Waals surface area (Å²) in [4.78, 5) is 7.44. The Morgan fingerprint density at radius 3 is 2.85 bits per heavy atom. The lowest BCUT2D eigenvalue weighted by Crippen LogP contribution is -2.49. The van der Waals surface area contributed by atoms with Gasteiger partial charge in [0.1, 0.15) is 5.69 Å². The van der Waals surface area contributed by atoms with E-state index in [0.717, 1.165) is 37.9 Å². The number of nitrogens with one attached hydrogen (secondary N) is 1. The molecule has 1 aromatic rings. The van der Waals surface area contributed by atoms with Crippen molar-refractivity contribution in [1.82, 2.24) is 9.97 Å². The second-order valence-corrected chi connectivity index (χ2v) is 5.57. The molecular weight excluding hydrogens is 269 g/mol. The zero-order chi connectivity index (χ0) is 14.8. The quantitative estimate of drug-likeness (QED) is 0.897. The van der Waals surface area contributed by atoms with Gasteiger partial charge in [-0.15, -0.1) is 0 Å². The van der Waals surface area contributed by atoms with Crippen LogP contribution >= 0.6 is 0 Å². The number of rotatable bonds is 3. The molecule has 20 heavy (non-hydrogen) atoms. The standard InChI is InChI=1S/C13H19F3N4/c1-9-3-2-5-12(7-9,8-17)20-11-18-6-4-10(19-11)13(14,15)16/h4,6,9H,2-3,5,7-8,17H2,1H3,(H,18,19,20). The van der Waals surface area contributed by atoms with Gasteiger partial charge in [0, 0.05) is 12.7 Å². The minimum absolute atomic E-state index is 0.000579. The van der Waals surface area contributed by atoms with Crippen LogP contribution < -0.4 is 11.1 Å². The third kappa shape index (κ3) is 3.39. The Hall–Kier alpha value is -1.37. The molecule has 0 radical (unpaired) electrons. The molecule has 0 aromatic carbocycles. The van der Waals surface area contributed by atoms with Crippen LogP contribution in [0.25, 0.3) is 0 Å². The van der Waals surface area contributed by atoms with Crippen molar-refractivity contribution >= 4 is 5.95 Å². The van der Waals surface area contributed by atoms with Crippen molar-refractivity contribution in [3.05, 3.63) is 18.0 Å². The molecule has 1 aromatic heterocycles. The summed E-state index contributed by atoms with van der Waals surface area (Å²) in [6, 6.07) is 0.865. The smallest absolute Gasteiger partial charge is 0.347 e. The van der Waals surface area contributed by atoms with Crippen LogP contribution in [-0.4, -0.2) is 22.1 Å². The zero-order valence-electron chi connectivity index (χ0n) is 11.4. The molecule has 2 rings (SSSR count). The third-order valence-corrected chi connectivity index (χ3v) is 3.81. The highest BCUT2D eigenvalue weighted by molar-refractivity contribution is 5.31. The molecule has 1 heterocycles. The summed E-state index contributed by atoms with van der Waals surface area (Å²) in [7, 11) is 0. The van der Waals surface area contributed by atoms with E-state index < -0.39 is 17.4 Å². The highest BCUT2D eigenvalue weighted by Gasteiger charge is 2.36. The third-order valence-electron chi connectivity index (χ3n) is 3.81. The molecule has 0 bridgehead atoms. The van der Waals surface area contributed by atoms with E-state index in [-0.39, 0.29) is 5.95 Å². The van der Waals surface area contributed by atoms with E-state index in [1.165, 1.54) is 0 Å². The molecule has 2 atom stereocenters. The van der Waals surface area contributed by atoms with Crippen molar-refractivity contribution in [2.24, 2.45) is 11.7 Å². The molecule has 7 heteroatoms. The first kappa shape index (κ1) is 15.0. The van der Waals surface area contributed by atoms with E-state index in [0.29, 0.717) is 12.5 Å². The molecule has 2 unspecified atom stereocenters. The summed E-state index contributed by atoms with van der Waals surface area (Å²) in [5.41, 5.74) is 4.49. The predicted molar refractivity (Wildman–Crippen MR) is 70.1 cm³/mol. The monoisotopic (exact) mass is 288 g/mol. The van der Waals surface area contributed by atoms with Crippen LogP contribution in [-0.2, 0) is 6.18 Å². The summed E-state index contributed by atoms with van der Waals surface area (Å²) < 4.78 is 37.9. The molecule has 0 amide bonds. The molecule has 3 N–H and O–H groups in total. The highest BCUT2D eigenvalue weighted by Crippen LogP contribution is 2.34. The molecule has 1 saturated carbocycles. The number of anilines is 1. The van der Waals surface area contributed by atoms with E-state index in [1.807, 2.05) is 0 Å². The summed E-state index contributed by atoms with van der Waals surface area (Å²) in [6.45, 7) is 2.48. The lowest BCUT2D eigenvalue weighted by Gasteiger charge is -2.40. The Labute approximate surface area is 116 Å². The van der Waals surface area contributed by atoms with Crippen molar-refractivity contribution in [2.75, 3.05) is 11.9 Å². The molecule has 0 aliphatic heterocycles. The predicted octanol–water partition coefficient (Wildman–Crippen LogP) is 2.81. The van der Waals surface area contributed by atoms with E-state index in [1.54, 1.807) is 0 Å². The number of hydrogen-bond donors (Lipinski definition) is 2. The average molecular weight is 288 g/mol. The van der Waals surface area contributed by atoms with E-state index in [2.05, 4.69) is 22.2 Å². The molecule has 0 spiro atoms. The van der Waals surface area contributed by atoms with Crippen LogP contribution in [0.4, 0.5) is 19.1 Å². The van der Waals surface area contributed by atoms with Gasteiger partial charge in [-0.2, -0.15) is 13.2 Å². The fourth-order valence-electron chi connectivity index (χ4n) is 2.82. The minimum atomic E-state index is -4.46. The number of hydrogen-bond acceptors (Lipinski definition) is 4. The molecule has 0 saturated heterocycles. The van der Waals surface area contributed by atoms with Gasteiger partial charge in [0.25, 0.3) is 0 Å². The molecule has 112 valence electrons. The Morgan fingerprint density at radius 1 is 1.50 bits per heavy atom. The average Bonchev–Trinajstić information content (AvgIpc) is 2.38. The fourth-order valence-corrected chi connectivity index (χ4v) is 2.82. The molecular formula is C13H19F3N4. The van der Waals surface area contributed by atoms with Gasteiger partial charge in [0.05, 0.1) is 5.54 Å². The maximum absolute atomic E-state index is 12.6. The van der Waals surface area contributed by atoms with Gasteiger partial charge in [0.15, 0.2) is 0 Å². The molecule has 1 aliphatic rings. The van der Waals surface area contributed by atoms with E-state index >= 15 is 0 Å². The Balaban J connectivity index is 2.19. The van der Waals surface area contributed by atoms with Crippen LogP contribution in [0.1, 0.15) is 38.3 Å². The van der Waals surface area contributed by atoms with Crippen molar-refractivity contribution in [3.63, 3.8) is 0 Å². The molecule has 1 aliphatic carbocycles. The fraction of sp³-hybridized carbons (Fsp3) is 0.692. The minimum Gasteiger partial charge on any atom is -0.347 e. The first-order chi connectivity index (χ1) is 9.35. The van der Waals surface area contributed by atoms with Gasteiger partial charge in [-0.05, 0) is 24.8 Å². The lowest BCUT2D eigenvalue weighted by molar-refractivity contribution is -0.141. The molecule has 1 fully saturated rings. The maximum atomic E-state index is 12.6. The second kappa shape index (κ2) is 5.55. The SMILES string of the molecule is CC1CCCC(CN)(Nc2nccc(C(F)(F)F)n2)C1. The van der Waals surface area contributed by atoms with Gasteiger partial charge in [0.2, 0.25) is 5.95 Å². The Bertz CT molecular complexity index is 463. The largest absolute Gasteiger partial charge is 0.433 e. The van der Waals surface area contributed by atoms with Gasteiger partial charge in [-0.25, -0.2) is 9.97 Å². The molecule has 4 nitrogen and oxygen atoms in total. The highest BCUT2D eigenvalue weighted by atomic mass is 19.4. The van der Waals surface area contributed by atoms with Gasteiger partial charge in [-0.3, -0.25) is 0 Å². The van der Waals surface area contributed by atoms with Gasteiger partial charge >= 0.3 is 6.18 Å².